The predicted octanol–water partition coefficient (Wildman–Crippen LogP) is 2.20. The van der Waals surface area contributed by atoms with Crippen molar-refractivity contribution in [2.24, 2.45) is 5.41 Å². The molecule has 1 heterocycles. The lowest BCUT2D eigenvalue weighted by Gasteiger charge is -2.34. The van der Waals surface area contributed by atoms with Crippen LogP contribution < -0.4 is 5.32 Å². The van der Waals surface area contributed by atoms with Crippen molar-refractivity contribution in [3.8, 4) is 0 Å². The van der Waals surface area contributed by atoms with Gasteiger partial charge in [-0.2, -0.15) is 0 Å². The summed E-state index contributed by atoms with van der Waals surface area (Å²) < 4.78 is 18.8. The van der Waals surface area contributed by atoms with Crippen LogP contribution >= 0.6 is 0 Å². The Hall–Kier alpha value is -1.01. The van der Waals surface area contributed by atoms with Crippen molar-refractivity contribution in [2.45, 2.75) is 32.9 Å². The minimum Gasteiger partial charge on any atom is -0.390 e. The number of nitrogens with zero attached hydrogens (tertiary/aromatic N) is 1. The molecular formula is C18H29FN2O2. The van der Waals surface area contributed by atoms with E-state index in [0.29, 0.717) is 13.1 Å². The highest BCUT2D eigenvalue weighted by atomic mass is 19.1. The maximum absolute atomic E-state index is 13.5. The van der Waals surface area contributed by atoms with Gasteiger partial charge in [-0.05, 0) is 23.1 Å². The zero-order valence-electron chi connectivity index (χ0n) is 14.4. The van der Waals surface area contributed by atoms with E-state index in [2.05, 4.69) is 31.0 Å². The topological polar surface area (TPSA) is 44.7 Å². The van der Waals surface area contributed by atoms with E-state index in [1.807, 2.05) is 6.07 Å². The number of hydrogen-bond donors (Lipinski definition) is 2. The summed E-state index contributed by atoms with van der Waals surface area (Å²) in [5, 5.41) is 13.7. The van der Waals surface area contributed by atoms with Crippen molar-refractivity contribution in [3.05, 3.63) is 35.6 Å². The summed E-state index contributed by atoms with van der Waals surface area (Å²) in [7, 11) is 0. The smallest absolute Gasteiger partial charge is 0.123 e. The van der Waals surface area contributed by atoms with Crippen molar-refractivity contribution >= 4 is 0 Å². The minimum absolute atomic E-state index is 0.0162. The molecule has 1 fully saturated rings. The molecule has 1 aromatic rings. The van der Waals surface area contributed by atoms with Gasteiger partial charge in [0.1, 0.15) is 5.82 Å². The first kappa shape index (κ1) is 18.3. The monoisotopic (exact) mass is 324 g/mol. The van der Waals surface area contributed by atoms with E-state index in [1.54, 1.807) is 12.1 Å². The fraction of sp³-hybridized carbons (Fsp3) is 0.667. The van der Waals surface area contributed by atoms with Crippen LogP contribution in [0.4, 0.5) is 4.39 Å². The van der Waals surface area contributed by atoms with Gasteiger partial charge in [0.15, 0.2) is 0 Å². The van der Waals surface area contributed by atoms with Crippen molar-refractivity contribution in [1.82, 2.24) is 10.2 Å². The van der Waals surface area contributed by atoms with Gasteiger partial charge in [-0.15, -0.1) is 0 Å². The van der Waals surface area contributed by atoms with Gasteiger partial charge in [-0.1, -0.05) is 32.9 Å². The number of aliphatic hydroxyl groups excluding tert-OH is 1. The molecule has 0 radical (unpaired) electrons. The number of nitrogens with one attached hydrogen (secondary N) is 1. The van der Waals surface area contributed by atoms with Crippen LogP contribution in [0.3, 0.4) is 0 Å². The molecule has 1 aromatic carbocycles. The Morgan fingerprint density at radius 1 is 1.30 bits per heavy atom. The number of morpholine rings is 1. The Kier molecular flexibility index (Phi) is 6.53. The third kappa shape index (κ3) is 5.84. The van der Waals surface area contributed by atoms with E-state index >= 15 is 0 Å². The number of β-amino-alcohol motifs (C(OH)–C–C–N with tert-alkyl or cyclic N) is 1. The molecule has 0 bridgehead atoms. The van der Waals surface area contributed by atoms with Gasteiger partial charge in [0.05, 0.1) is 19.3 Å². The molecule has 2 unspecified atom stereocenters. The van der Waals surface area contributed by atoms with Crippen LogP contribution in [0.25, 0.3) is 0 Å². The van der Waals surface area contributed by atoms with Crippen molar-refractivity contribution in [3.63, 3.8) is 0 Å². The number of benzene rings is 1. The molecule has 2 atom stereocenters. The van der Waals surface area contributed by atoms with Crippen molar-refractivity contribution < 1.29 is 14.2 Å². The van der Waals surface area contributed by atoms with Crippen LogP contribution in [-0.4, -0.2) is 55.5 Å². The van der Waals surface area contributed by atoms with Crippen LogP contribution in [0.2, 0.25) is 0 Å². The quantitative estimate of drug-likeness (QED) is 0.842. The Labute approximate surface area is 138 Å². The zero-order valence-corrected chi connectivity index (χ0v) is 14.4. The van der Waals surface area contributed by atoms with Gasteiger partial charge >= 0.3 is 0 Å². The SMILES string of the molecule is CC(C)(C)C(NCC(O)CN1CCOCC1)c1cccc(F)c1. The van der Waals surface area contributed by atoms with Crippen LogP contribution in [0, 0.1) is 11.2 Å². The molecule has 4 nitrogen and oxygen atoms in total. The summed E-state index contributed by atoms with van der Waals surface area (Å²) in [5.74, 6) is -0.229. The molecule has 1 saturated heterocycles. The summed E-state index contributed by atoms with van der Waals surface area (Å²) in [4.78, 5) is 2.21. The molecule has 2 N–H and O–H groups in total. The van der Waals surface area contributed by atoms with Crippen molar-refractivity contribution in [1.29, 1.82) is 0 Å². The van der Waals surface area contributed by atoms with Crippen LogP contribution in [-0.2, 0) is 4.74 Å². The molecule has 2 rings (SSSR count). The van der Waals surface area contributed by atoms with E-state index in [9.17, 15) is 9.50 Å². The minimum atomic E-state index is -0.452. The first-order chi connectivity index (χ1) is 10.9. The van der Waals surface area contributed by atoms with Gasteiger partial charge in [-0.25, -0.2) is 4.39 Å². The molecule has 0 amide bonds. The molecule has 0 aromatic heterocycles. The molecule has 0 saturated carbocycles. The van der Waals surface area contributed by atoms with Crippen LogP contribution in [0.15, 0.2) is 24.3 Å². The van der Waals surface area contributed by atoms with Gasteiger partial charge in [-0.3, -0.25) is 4.90 Å². The lowest BCUT2D eigenvalue weighted by atomic mass is 9.82. The fourth-order valence-corrected chi connectivity index (χ4v) is 3.01. The number of aliphatic hydroxyl groups is 1. The Morgan fingerprint density at radius 3 is 2.61 bits per heavy atom. The molecule has 23 heavy (non-hydrogen) atoms. The van der Waals surface area contributed by atoms with Crippen molar-refractivity contribution in [2.75, 3.05) is 39.4 Å². The van der Waals surface area contributed by atoms with E-state index in [0.717, 1.165) is 31.9 Å². The first-order valence-corrected chi connectivity index (χ1v) is 8.33. The highest BCUT2D eigenvalue weighted by Crippen LogP contribution is 2.32. The lowest BCUT2D eigenvalue weighted by Crippen LogP contribution is -2.45. The number of ether oxygens (including phenoxy) is 1. The normalized spacial score (nSPS) is 19.5. The highest BCUT2D eigenvalue weighted by molar-refractivity contribution is 5.22. The largest absolute Gasteiger partial charge is 0.390 e. The lowest BCUT2D eigenvalue weighted by molar-refractivity contribution is 0.0137. The summed E-state index contributed by atoms with van der Waals surface area (Å²) >= 11 is 0. The predicted molar refractivity (Wildman–Crippen MR) is 89.9 cm³/mol. The fourth-order valence-electron chi connectivity index (χ4n) is 3.01. The average molecular weight is 324 g/mol. The second-order valence-electron chi connectivity index (χ2n) is 7.33. The molecule has 0 spiro atoms. The Morgan fingerprint density at radius 2 is 2.00 bits per heavy atom. The standard InChI is InChI=1S/C18H29FN2O2/c1-18(2,3)17(14-5-4-6-15(19)11-14)20-12-16(22)13-21-7-9-23-10-8-21/h4-6,11,16-17,20,22H,7-10,12-13H2,1-3H3. The number of rotatable bonds is 6. The second kappa shape index (κ2) is 8.20. The molecule has 5 heteroatoms. The molecule has 0 aliphatic carbocycles. The number of halogens is 1. The maximum atomic E-state index is 13.5. The zero-order chi connectivity index (χ0) is 16.9. The highest BCUT2D eigenvalue weighted by Gasteiger charge is 2.27. The maximum Gasteiger partial charge on any atom is 0.123 e. The molecular weight excluding hydrogens is 295 g/mol. The van der Waals surface area contributed by atoms with Crippen LogP contribution in [0.5, 0.6) is 0 Å². The summed E-state index contributed by atoms with van der Waals surface area (Å²) in [6, 6.07) is 6.67. The van der Waals surface area contributed by atoms with E-state index in [-0.39, 0.29) is 17.3 Å². The van der Waals surface area contributed by atoms with E-state index < -0.39 is 6.10 Å². The molecule has 1 aliphatic rings. The third-order valence-corrected chi connectivity index (χ3v) is 4.18. The Bertz CT molecular complexity index is 484. The van der Waals surface area contributed by atoms with E-state index in [1.165, 1.54) is 6.07 Å². The summed E-state index contributed by atoms with van der Waals surface area (Å²) in [6.07, 6.45) is -0.452. The molecule has 1 aliphatic heterocycles. The van der Waals surface area contributed by atoms with Crippen LogP contribution in [0.1, 0.15) is 32.4 Å². The van der Waals surface area contributed by atoms with Gasteiger partial charge < -0.3 is 15.2 Å². The molecule has 130 valence electrons. The van der Waals surface area contributed by atoms with Gasteiger partial charge in [0.2, 0.25) is 0 Å². The third-order valence-electron chi connectivity index (χ3n) is 4.18. The van der Waals surface area contributed by atoms with Gasteiger partial charge in [0.25, 0.3) is 0 Å². The first-order valence-electron chi connectivity index (χ1n) is 8.33. The average Bonchev–Trinajstić information content (AvgIpc) is 2.47. The summed E-state index contributed by atoms with van der Waals surface area (Å²) in [5.41, 5.74) is 0.836. The van der Waals surface area contributed by atoms with Gasteiger partial charge in [0, 0.05) is 32.2 Å². The Balaban J connectivity index is 1.93. The number of hydrogen-bond acceptors (Lipinski definition) is 4. The summed E-state index contributed by atoms with van der Waals surface area (Å²) in [6.45, 7) is 10.7. The second-order valence-corrected chi connectivity index (χ2v) is 7.33. The van der Waals surface area contributed by atoms with E-state index in [4.69, 9.17) is 4.74 Å².